The molecular formula is C20H22N4O. The number of rotatable bonds is 6. The Labute approximate surface area is 147 Å². The average Bonchev–Trinajstić information content (AvgIpc) is 3.05. The van der Waals surface area contributed by atoms with E-state index in [2.05, 4.69) is 22.3 Å². The van der Waals surface area contributed by atoms with Crippen molar-refractivity contribution in [1.29, 1.82) is 0 Å². The van der Waals surface area contributed by atoms with Crippen molar-refractivity contribution in [2.45, 2.75) is 33.2 Å². The number of nitrogens with one attached hydrogen (secondary N) is 1. The molecule has 0 bridgehead atoms. The summed E-state index contributed by atoms with van der Waals surface area (Å²) in [7, 11) is 0. The van der Waals surface area contributed by atoms with Gasteiger partial charge in [0.1, 0.15) is 0 Å². The number of para-hydroxylation sites is 1. The summed E-state index contributed by atoms with van der Waals surface area (Å²) in [5.41, 5.74) is 4.54. The average molecular weight is 334 g/mol. The van der Waals surface area contributed by atoms with E-state index in [0.717, 1.165) is 35.5 Å². The van der Waals surface area contributed by atoms with Gasteiger partial charge in [0.2, 0.25) is 0 Å². The Morgan fingerprint density at radius 1 is 1.16 bits per heavy atom. The first kappa shape index (κ1) is 16.9. The van der Waals surface area contributed by atoms with Gasteiger partial charge < -0.3 is 5.32 Å². The maximum Gasteiger partial charge on any atom is 0.255 e. The second kappa shape index (κ2) is 7.75. The lowest BCUT2D eigenvalue weighted by atomic mass is 10.1. The van der Waals surface area contributed by atoms with Gasteiger partial charge in [-0.05, 0) is 37.1 Å². The molecule has 1 amide bonds. The summed E-state index contributed by atoms with van der Waals surface area (Å²) in [4.78, 5) is 16.9. The quantitative estimate of drug-likeness (QED) is 0.751. The minimum atomic E-state index is -0.117. The number of amides is 1. The Kier molecular flexibility index (Phi) is 5.23. The van der Waals surface area contributed by atoms with Crippen LogP contribution < -0.4 is 5.32 Å². The number of aryl methyl sites for hydroxylation is 1. The molecule has 1 aromatic carbocycles. The molecule has 2 heterocycles. The smallest absolute Gasteiger partial charge is 0.255 e. The van der Waals surface area contributed by atoms with E-state index in [9.17, 15) is 4.79 Å². The lowest BCUT2D eigenvalue weighted by Gasteiger charge is -2.11. The molecule has 0 radical (unpaired) electrons. The van der Waals surface area contributed by atoms with Crippen molar-refractivity contribution in [1.82, 2.24) is 20.1 Å². The zero-order valence-electron chi connectivity index (χ0n) is 14.6. The Morgan fingerprint density at radius 3 is 2.68 bits per heavy atom. The molecule has 0 saturated heterocycles. The zero-order chi connectivity index (χ0) is 17.6. The van der Waals surface area contributed by atoms with Crippen LogP contribution in [0, 0.1) is 6.92 Å². The number of hydrogen-bond donors (Lipinski definition) is 1. The van der Waals surface area contributed by atoms with Gasteiger partial charge in [-0.15, -0.1) is 0 Å². The second-order valence-corrected chi connectivity index (χ2v) is 5.96. The van der Waals surface area contributed by atoms with E-state index >= 15 is 0 Å². The van der Waals surface area contributed by atoms with Crippen LogP contribution in [0.2, 0.25) is 0 Å². The molecule has 0 atom stereocenters. The van der Waals surface area contributed by atoms with Crippen molar-refractivity contribution >= 4 is 5.91 Å². The molecule has 25 heavy (non-hydrogen) atoms. The fraction of sp³-hybridized carbons (Fsp3) is 0.250. The number of benzene rings is 1. The van der Waals surface area contributed by atoms with Crippen LogP contribution >= 0.6 is 0 Å². The largest absolute Gasteiger partial charge is 0.346 e. The third-order valence-electron chi connectivity index (χ3n) is 4.10. The molecule has 5 nitrogen and oxygen atoms in total. The van der Waals surface area contributed by atoms with Gasteiger partial charge >= 0.3 is 0 Å². The monoisotopic (exact) mass is 334 g/mol. The van der Waals surface area contributed by atoms with Crippen LogP contribution in [0.25, 0.3) is 5.69 Å². The number of carbonyl (C=O) groups excluding carboxylic acids is 1. The molecule has 128 valence electrons. The number of carbonyl (C=O) groups is 1. The summed E-state index contributed by atoms with van der Waals surface area (Å²) in [5, 5.41) is 7.42. The molecule has 0 unspecified atom stereocenters. The van der Waals surface area contributed by atoms with Gasteiger partial charge in [-0.25, -0.2) is 4.68 Å². The molecule has 2 aromatic heterocycles. The highest BCUT2D eigenvalue weighted by Crippen LogP contribution is 2.19. The van der Waals surface area contributed by atoms with Crippen LogP contribution in [-0.4, -0.2) is 20.7 Å². The highest BCUT2D eigenvalue weighted by molar-refractivity contribution is 5.95. The van der Waals surface area contributed by atoms with Crippen LogP contribution in [-0.2, 0) is 13.0 Å². The highest BCUT2D eigenvalue weighted by Gasteiger charge is 2.18. The summed E-state index contributed by atoms with van der Waals surface area (Å²) >= 11 is 0. The maximum absolute atomic E-state index is 12.7. The Hall–Kier alpha value is -2.95. The van der Waals surface area contributed by atoms with E-state index in [4.69, 9.17) is 0 Å². The van der Waals surface area contributed by atoms with Crippen LogP contribution in [0.15, 0.2) is 54.9 Å². The van der Waals surface area contributed by atoms with Crippen LogP contribution in [0.5, 0.6) is 0 Å². The van der Waals surface area contributed by atoms with E-state index in [0.29, 0.717) is 12.1 Å². The molecule has 0 saturated carbocycles. The van der Waals surface area contributed by atoms with Gasteiger partial charge in [0, 0.05) is 6.20 Å². The summed E-state index contributed by atoms with van der Waals surface area (Å²) in [6, 6.07) is 13.7. The summed E-state index contributed by atoms with van der Waals surface area (Å²) in [6.07, 6.45) is 5.12. The second-order valence-electron chi connectivity index (χ2n) is 5.96. The van der Waals surface area contributed by atoms with Crippen molar-refractivity contribution in [2.24, 2.45) is 0 Å². The predicted molar refractivity (Wildman–Crippen MR) is 97.7 cm³/mol. The molecule has 0 aliphatic carbocycles. The molecule has 0 spiro atoms. The Morgan fingerprint density at radius 2 is 1.96 bits per heavy atom. The molecule has 3 rings (SSSR count). The topological polar surface area (TPSA) is 59.8 Å². The Bertz CT molecular complexity index is 855. The van der Waals surface area contributed by atoms with Crippen molar-refractivity contribution < 1.29 is 4.79 Å². The van der Waals surface area contributed by atoms with Crippen molar-refractivity contribution in [3.8, 4) is 5.69 Å². The van der Waals surface area contributed by atoms with Gasteiger partial charge in [-0.1, -0.05) is 37.6 Å². The van der Waals surface area contributed by atoms with E-state index in [-0.39, 0.29) is 5.91 Å². The molecule has 5 heteroatoms. The SMILES string of the molecule is CCCc1c(C(=O)NCc2ccccn2)cnn1-c1ccccc1C. The van der Waals surface area contributed by atoms with Crippen LogP contribution in [0.3, 0.4) is 0 Å². The fourth-order valence-electron chi connectivity index (χ4n) is 2.82. The molecule has 0 aliphatic heterocycles. The first-order valence-electron chi connectivity index (χ1n) is 8.51. The van der Waals surface area contributed by atoms with E-state index in [1.807, 2.05) is 54.1 Å². The third-order valence-corrected chi connectivity index (χ3v) is 4.10. The van der Waals surface area contributed by atoms with Gasteiger partial charge in [0.25, 0.3) is 5.91 Å². The molecule has 3 aromatic rings. The zero-order valence-corrected chi connectivity index (χ0v) is 14.6. The van der Waals surface area contributed by atoms with Crippen molar-refractivity contribution in [2.75, 3.05) is 0 Å². The van der Waals surface area contributed by atoms with E-state index in [1.54, 1.807) is 12.4 Å². The molecule has 1 N–H and O–H groups in total. The molecular weight excluding hydrogens is 312 g/mol. The van der Waals surface area contributed by atoms with Gasteiger partial charge in [-0.2, -0.15) is 5.10 Å². The van der Waals surface area contributed by atoms with Crippen LogP contribution in [0.4, 0.5) is 0 Å². The summed E-state index contributed by atoms with van der Waals surface area (Å²) < 4.78 is 1.88. The van der Waals surface area contributed by atoms with E-state index in [1.165, 1.54) is 0 Å². The third kappa shape index (κ3) is 3.76. The number of hydrogen-bond acceptors (Lipinski definition) is 3. The normalized spacial score (nSPS) is 10.6. The fourth-order valence-corrected chi connectivity index (χ4v) is 2.82. The van der Waals surface area contributed by atoms with Gasteiger partial charge in [-0.3, -0.25) is 9.78 Å². The first-order chi connectivity index (χ1) is 12.2. The number of aromatic nitrogens is 3. The summed E-state index contributed by atoms with van der Waals surface area (Å²) in [5.74, 6) is -0.117. The summed E-state index contributed by atoms with van der Waals surface area (Å²) in [6.45, 7) is 4.55. The van der Waals surface area contributed by atoms with E-state index < -0.39 is 0 Å². The van der Waals surface area contributed by atoms with Gasteiger partial charge in [0.05, 0.1) is 35.4 Å². The number of pyridine rings is 1. The molecule has 0 fully saturated rings. The lowest BCUT2D eigenvalue weighted by Crippen LogP contribution is -2.24. The van der Waals surface area contributed by atoms with Crippen LogP contribution in [0.1, 0.15) is 40.7 Å². The predicted octanol–water partition coefficient (Wildman–Crippen LogP) is 3.46. The minimum absolute atomic E-state index is 0.117. The van der Waals surface area contributed by atoms with Crippen molar-refractivity contribution in [3.05, 3.63) is 77.4 Å². The van der Waals surface area contributed by atoms with Crippen molar-refractivity contribution in [3.63, 3.8) is 0 Å². The van der Waals surface area contributed by atoms with Gasteiger partial charge in [0.15, 0.2) is 0 Å². The highest BCUT2D eigenvalue weighted by atomic mass is 16.1. The first-order valence-corrected chi connectivity index (χ1v) is 8.51. The molecule has 0 aliphatic rings. The lowest BCUT2D eigenvalue weighted by molar-refractivity contribution is 0.0949. The minimum Gasteiger partial charge on any atom is -0.346 e. The number of nitrogens with zero attached hydrogens (tertiary/aromatic N) is 3. The maximum atomic E-state index is 12.7. The standard InChI is InChI=1S/C20H22N4O/c1-3-8-19-17(20(25)22-13-16-10-6-7-12-21-16)14-23-24(19)18-11-5-4-9-15(18)2/h4-7,9-12,14H,3,8,13H2,1-2H3,(H,22,25). The Balaban J connectivity index is 1.86.